The standard InChI is InChI=1S/C15H7Cl4FN4OS2/c16-8-9(17)11(21-12(19)10(8)18)13(25)22-14-23-24-15(27-14)26-5-6-1-3-7(20)4-2-6/h1-4H,5H2,(H,22,23,25). The van der Waals surface area contributed by atoms with Crippen LogP contribution in [0.2, 0.25) is 20.2 Å². The molecular formula is C15H7Cl4FN4OS2. The van der Waals surface area contributed by atoms with Crippen molar-refractivity contribution < 1.29 is 9.18 Å². The Hall–Kier alpha value is -1.16. The number of hydrogen-bond acceptors (Lipinski definition) is 6. The van der Waals surface area contributed by atoms with Gasteiger partial charge in [0.15, 0.2) is 10.0 Å². The number of rotatable bonds is 5. The number of aromatic nitrogens is 3. The van der Waals surface area contributed by atoms with E-state index in [9.17, 15) is 9.18 Å². The molecule has 12 heteroatoms. The van der Waals surface area contributed by atoms with Gasteiger partial charge < -0.3 is 0 Å². The third kappa shape index (κ3) is 5.01. The zero-order valence-electron chi connectivity index (χ0n) is 13.0. The second-order valence-corrected chi connectivity index (χ2v) is 8.63. The highest BCUT2D eigenvalue weighted by molar-refractivity contribution is 8.00. The molecule has 0 aliphatic heterocycles. The smallest absolute Gasteiger partial charge is 0.277 e. The molecule has 0 spiro atoms. The quantitative estimate of drug-likeness (QED) is 0.264. The average Bonchev–Trinajstić information content (AvgIpc) is 3.09. The molecule has 1 amide bonds. The van der Waals surface area contributed by atoms with Crippen LogP contribution in [0.5, 0.6) is 0 Å². The Morgan fingerprint density at radius 3 is 2.48 bits per heavy atom. The minimum absolute atomic E-state index is 0.0321. The van der Waals surface area contributed by atoms with E-state index < -0.39 is 5.91 Å². The minimum atomic E-state index is -0.647. The molecule has 0 atom stereocenters. The van der Waals surface area contributed by atoms with E-state index in [1.54, 1.807) is 12.1 Å². The molecule has 0 aliphatic carbocycles. The van der Waals surface area contributed by atoms with Crippen LogP contribution in [-0.2, 0) is 5.75 Å². The summed E-state index contributed by atoms with van der Waals surface area (Å²) in [7, 11) is 0. The Morgan fingerprint density at radius 2 is 1.78 bits per heavy atom. The van der Waals surface area contributed by atoms with Crippen LogP contribution in [0.4, 0.5) is 9.52 Å². The van der Waals surface area contributed by atoms with Crippen LogP contribution in [0.1, 0.15) is 16.1 Å². The van der Waals surface area contributed by atoms with Crippen molar-refractivity contribution in [3.8, 4) is 0 Å². The predicted molar refractivity (Wildman–Crippen MR) is 108 cm³/mol. The molecule has 0 fully saturated rings. The zero-order chi connectivity index (χ0) is 19.6. The molecule has 0 unspecified atom stereocenters. The van der Waals surface area contributed by atoms with Gasteiger partial charge in [-0.3, -0.25) is 10.1 Å². The molecule has 0 bridgehead atoms. The number of nitrogens with one attached hydrogen (secondary N) is 1. The predicted octanol–water partition coefficient (Wildman–Crippen LogP) is 6.23. The molecule has 3 rings (SSSR count). The van der Waals surface area contributed by atoms with Crippen LogP contribution in [0.25, 0.3) is 0 Å². The van der Waals surface area contributed by atoms with Crippen LogP contribution in [0, 0.1) is 5.82 Å². The van der Waals surface area contributed by atoms with Gasteiger partial charge in [0.2, 0.25) is 5.13 Å². The summed E-state index contributed by atoms with van der Waals surface area (Å²) in [5.74, 6) is -0.357. The van der Waals surface area contributed by atoms with Crippen molar-refractivity contribution in [3.63, 3.8) is 0 Å². The highest BCUT2D eigenvalue weighted by Gasteiger charge is 2.21. The molecule has 0 radical (unpaired) electrons. The molecule has 3 aromatic rings. The van der Waals surface area contributed by atoms with E-state index in [1.165, 1.54) is 35.2 Å². The lowest BCUT2D eigenvalue weighted by molar-refractivity contribution is 0.102. The Bertz CT molecular complexity index is 1000. The highest BCUT2D eigenvalue weighted by Crippen LogP contribution is 2.36. The van der Waals surface area contributed by atoms with Gasteiger partial charge in [-0.25, -0.2) is 9.37 Å². The fraction of sp³-hybridized carbons (Fsp3) is 0.0667. The summed E-state index contributed by atoms with van der Waals surface area (Å²) in [6, 6.07) is 6.16. The Kier molecular flexibility index (Phi) is 6.78. The first kappa shape index (κ1) is 20.6. The molecule has 2 heterocycles. The fourth-order valence-corrected chi connectivity index (χ4v) is 4.36. The molecule has 27 heavy (non-hydrogen) atoms. The van der Waals surface area contributed by atoms with E-state index in [-0.39, 0.29) is 36.9 Å². The van der Waals surface area contributed by atoms with Crippen molar-refractivity contribution in [2.75, 3.05) is 5.32 Å². The van der Waals surface area contributed by atoms with Gasteiger partial charge in [0, 0.05) is 5.75 Å². The molecule has 1 aromatic carbocycles. The second-order valence-electron chi connectivity index (χ2n) is 4.94. The number of carbonyl (C=O) groups excluding carboxylic acids is 1. The molecule has 0 saturated carbocycles. The van der Waals surface area contributed by atoms with Crippen molar-refractivity contribution in [2.45, 2.75) is 10.1 Å². The van der Waals surface area contributed by atoms with Gasteiger partial charge in [-0.1, -0.05) is 81.6 Å². The topological polar surface area (TPSA) is 67.8 Å². The lowest BCUT2D eigenvalue weighted by Crippen LogP contribution is -2.14. The minimum Gasteiger partial charge on any atom is -0.295 e. The number of nitrogens with zero attached hydrogens (tertiary/aromatic N) is 3. The number of pyridine rings is 1. The maximum atomic E-state index is 12.9. The molecular weight excluding hydrogens is 477 g/mol. The van der Waals surface area contributed by atoms with E-state index in [4.69, 9.17) is 46.4 Å². The third-order valence-electron chi connectivity index (χ3n) is 3.10. The van der Waals surface area contributed by atoms with Crippen molar-refractivity contribution in [3.05, 3.63) is 61.6 Å². The zero-order valence-corrected chi connectivity index (χ0v) is 17.6. The van der Waals surface area contributed by atoms with Crippen LogP contribution in [0.3, 0.4) is 0 Å². The molecule has 5 nitrogen and oxygen atoms in total. The Morgan fingerprint density at radius 1 is 1.07 bits per heavy atom. The maximum Gasteiger partial charge on any atom is 0.277 e. The second kappa shape index (κ2) is 8.89. The van der Waals surface area contributed by atoms with Gasteiger partial charge in [-0.05, 0) is 17.7 Å². The van der Waals surface area contributed by atoms with Crippen molar-refractivity contribution in [2.24, 2.45) is 0 Å². The van der Waals surface area contributed by atoms with E-state index in [2.05, 4.69) is 20.5 Å². The SMILES string of the molecule is O=C(Nc1nnc(SCc2ccc(F)cc2)s1)c1nc(Cl)c(Cl)c(Cl)c1Cl. The van der Waals surface area contributed by atoms with E-state index in [0.29, 0.717) is 10.1 Å². The van der Waals surface area contributed by atoms with Gasteiger partial charge in [-0.2, -0.15) is 0 Å². The summed E-state index contributed by atoms with van der Waals surface area (Å²) < 4.78 is 13.5. The third-order valence-corrected chi connectivity index (χ3v) is 6.82. The molecule has 140 valence electrons. The van der Waals surface area contributed by atoms with Crippen molar-refractivity contribution in [1.82, 2.24) is 15.2 Å². The number of amides is 1. The van der Waals surface area contributed by atoms with Crippen LogP contribution in [0.15, 0.2) is 28.6 Å². The summed E-state index contributed by atoms with van der Waals surface area (Å²) in [6.07, 6.45) is 0. The van der Waals surface area contributed by atoms with E-state index in [1.807, 2.05) is 0 Å². The molecule has 0 saturated heterocycles. The number of halogens is 5. The monoisotopic (exact) mass is 482 g/mol. The van der Waals surface area contributed by atoms with Gasteiger partial charge in [-0.15, -0.1) is 10.2 Å². The van der Waals surface area contributed by atoms with Crippen molar-refractivity contribution >= 4 is 80.5 Å². The van der Waals surface area contributed by atoms with Gasteiger partial charge in [0.25, 0.3) is 5.91 Å². The Balaban J connectivity index is 1.67. The summed E-state index contributed by atoms with van der Waals surface area (Å²) in [5, 5.41) is 10.3. The first-order valence-electron chi connectivity index (χ1n) is 7.07. The number of carbonyl (C=O) groups is 1. The number of benzene rings is 1. The van der Waals surface area contributed by atoms with Crippen LogP contribution < -0.4 is 5.32 Å². The fourth-order valence-electron chi connectivity index (χ4n) is 1.84. The lowest BCUT2D eigenvalue weighted by Gasteiger charge is -2.07. The summed E-state index contributed by atoms with van der Waals surface area (Å²) in [5.41, 5.74) is 0.760. The van der Waals surface area contributed by atoms with Gasteiger partial charge >= 0.3 is 0 Å². The summed E-state index contributed by atoms with van der Waals surface area (Å²) in [6.45, 7) is 0. The van der Waals surface area contributed by atoms with Crippen LogP contribution >= 0.6 is 69.5 Å². The number of anilines is 1. The van der Waals surface area contributed by atoms with Crippen LogP contribution in [-0.4, -0.2) is 21.1 Å². The van der Waals surface area contributed by atoms with Crippen molar-refractivity contribution in [1.29, 1.82) is 0 Å². The summed E-state index contributed by atoms with van der Waals surface area (Å²) in [4.78, 5) is 16.2. The molecule has 2 aromatic heterocycles. The number of thioether (sulfide) groups is 1. The molecule has 0 aliphatic rings. The largest absolute Gasteiger partial charge is 0.295 e. The normalized spacial score (nSPS) is 10.9. The summed E-state index contributed by atoms with van der Waals surface area (Å²) >= 11 is 26.2. The lowest BCUT2D eigenvalue weighted by atomic mass is 10.2. The number of hydrogen-bond donors (Lipinski definition) is 1. The first-order chi connectivity index (χ1) is 12.8. The average molecular weight is 484 g/mol. The van der Waals surface area contributed by atoms with E-state index in [0.717, 1.165) is 5.56 Å². The Labute approximate surface area is 181 Å². The van der Waals surface area contributed by atoms with Gasteiger partial charge in [0.05, 0.1) is 15.1 Å². The molecule has 1 N–H and O–H groups in total. The van der Waals surface area contributed by atoms with Gasteiger partial charge in [0.1, 0.15) is 11.0 Å². The first-order valence-corrected chi connectivity index (χ1v) is 10.4. The maximum absolute atomic E-state index is 12.9. The highest BCUT2D eigenvalue weighted by atomic mass is 35.5. The van der Waals surface area contributed by atoms with E-state index >= 15 is 0 Å².